The molecule has 0 fully saturated rings. The summed E-state index contributed by atoms with van der Waals surface area (Å²) in [6, 6.07) is 32.8. The van der Waals surface area contributed by atoms with Crippen molar-refractivity contribution in [3.05, 3.63) is 119 Å². The fourth-order valence-corrected chi connectivity index (χ4v) is 4.24. The summed E-state index contributed by atoms with van der Waals surface area (Å²) >= 11 is 0. The van der Waals surface area contributed by atoms with Crippen LogP contribution in [0, 0.1) is 27.7 Å². The molecule has 0 aromatic heterocycles. The van der Waals surface area contributed by atoms with Crippen LogP contribution < -0.4 is 4.90 Å². The molecular weight excluding hydrogens is 492 g/mol. The van der Waals surface area contributed by atoms with Crippen LogP contribution in [0.15, 0.2) is 117 Å². The lowest BCUT2D eigenvalue weighted by atomic mass is 10.2. The third-order valence-corrected chi connectivity index (χ3v) is 6.56. The van der Waals surface area contributed by atoms with Gasteiger partial charge in [-0.25, -0.2) is 20.0 Å². The molecule has 1 heterocycles. The highest BCUT2D eigenvalue weighted by Gasteiger charge is 2.35. The summed E-state index contributed by atoms with van der Waals surface area (Å²) in [4.78, 5) is 24.3. The molecule has 0 N–H and O–H groups in total. The molecule has 0 saturated carbocycles. The topological polar surface area (TPSA) is 55.9 Å². The Balaban J connectivity index is 1.74. The highest BCUT2D eigenvalue weighted by atomic mass is 15.4. The first-order chi connectivity index (χ1) is 19.3. The quantitative estimate of drug-likeness (QED) is 0.196. The van der Waals surface area contributed by atoms with Crippen LogP contribution in [0.5, 0.6) is 0 Å². The van der Waals surface area contributed by atoms with Gasteiger partial charge in [0.05, 0.1) is 17.1 Å². The number of hydrogen-bond acceptors (Lipinski definition) is 3. The number of benzene rings is 4. The Hall–Kier alpha value is -4.84. The highest BCUT2D eigenvalue weighted by molar-refractivity contribution is 6.66. The third kappa shape index (κ3) is 6.07. The van der Waals surface area contributed by atoms with Crippen molar-refractivity contribution < 1.29 is 0 Å². The van der Waals surface area contributed by atoms with Crippen molar-refractivity contribution in [3.63, 3.8) is 0 Å². The second-order valence-electron chi connectivity index (χ2n) is 10.3. The van der Waals surface area contributed by atoms with Crippen LogP contribution in [0.4, 0.5) is 22.7 Å². The monoisotopic (exact) mass is 526 g/mol. The van der Waals surface area contributed by atoms with Crippen molar-refractivity contribution in [1.29, 1.82) is 0 Å². The molecule has 1 aliphatic rings. The van der Waals surface area contributed by atoms with Crippen molar-refractivity contribution in [2.45, 2.75) is 27.7 Å². The second-order valence-corrected chi connectivity index (χ2v) is 10.3. The second kappa shape index (κ2) is 11.5. The molecule has 5 rings (SSSR count). The maximum Gasteiger partial charge on any atom is 0.199 e. The Morgan fingerprint density at radius 2 is 1.00 bits per heavy atom. The number of amidine groups is 4. The van der Waals surface area contributed by atoms with Crippen molar-refractivity contribution in [1.82, 2.24) is 4.90 Å². The summed E-state index contributed by atoms with van der Waals surface area (Å²) in [7, 11) is 3.96. The van der Waals surface area contributed by atoms with Crippen LogP contribution in [-0.4, -0.2) is 42.3 Å². The molecule has 40 heavy (non-hydrogen) atoms. The first-order valence-corrected chi connectivity index (χ1v) is 13.4. The zero-order valence-electron chi connectivity index (χ0n) is 23.9. The third-order valence-electron chi connectivity index (χ3n) is 6.56. The largest absolute Gasteiger partial charge is 0.360 e. The average Bonchev–Trinajstić information content (AvgIpc) is 3.28. The molecule has 0 amide bonds. The Morgan fingerprint density at radius 3 is 1.48 bits per heavy atom. The minimum absolute atomic E-state index is 0.526. The standard InChI is InChI=1S/C34H34N6/c1-23-7-15-27(16-8-23)35-31-32(36-28-17-9-24(2)10-18-28)40(30-21-13-26(4)14-22-30)34(38-31)33(39(5)6)37-29-19-11-25(3)12-20-29/h7-22H,1-6H3. The number of rotatable bonds is 5. The summed E-state index contributed by atoms with van der Waals surface area (Å²) in [5, 5.41) is 0. The van der Waals surface area contributed by atoms with Gasteiger partial charge in [0, 0.05) is 19.8 Å². The number of aliphatic imine (C=N–C) groups is 4. The van der Waals surface area contributed by atoms with Gasteiger partial charge in [-0.05, 0) is 76.2 Å². The van der Waals surface area contributed by atoms with E-state index in [9.17, 15) is 0 Å². The minimum atomic E-state index is 0.526. The molecule has 0 unspecified atom stereocenters. The lowest BCUT2D eigenvalue weighted by molar-refractivity contribution is 0.631. The van der Waals surface area contributed by atoms with Gasteiger partial charge in [0.1, 0.15) is 0 Å². The molecule has 0 saturated heterocycles. The smallest absolute Gasteiger partial charge is 0.199 e. The number of aryl methyl sites for hydroxylation is 4. The molecule has 200 valence electrons. The number of likely N-dealkylation sites (N-methyl/N-ethyl adjacent to an activating group) is 1. The van der Waals surface area contributed by atoms with E-state index in [0.717, 1.165) is 22.7 Å². The van der Waals surface area contributed by atoms with Gasteiger partial charge < -0.3 is 4.90 Å². The molecule has 4 aromatic carbocycles. The van der Waals surface area contributed by atoms with E-state index < -0.39 is 0 Å². The van der Waals surface area contributed by atoms with Crippen molar-refractivity contribution >= 4 is 46.1 Å². The van der Waals surface area contributed by atoms with Crippen molar-refractivity contribution in [2.24, 2.45) is 20.0 Å². The highest BCUT2D eigenvalue weighted by Crippen LogP contribution is 2.27. The van der Waals surface area contributed by atoms with E-state index in [4.69, 9.17) is 20.0 Å². The molecule has 6 nitrogen and oxygen atoms in total. The van der Waals surface area contributed by atoms with E-state index in [1.54, 1.807) is 0 Å². The summed E-state index contributed by atoms with van der Waals surface area (Å²) in [6.45, 7) is 8.29. The van der Waals surface area contributed by atoms with E-state index in [1.807, 2.05) is 55.4 Å². The molecule has 0 spiro atoms. The van der Waals surface area contributed by atoms with E-state index in [2.05, 4.69) is 93.3 Å². The minimum Gasteiger partial charge on any atom is -0.360 e. The maximum atomic E-state index is 5.11. The molecular formula is C34H34N6. The van der Waals surface area contributed by atoms with Gasteiger partial charge in [0.15, 0.2) is 23.3 Å². The van der Waals surface area contributed by atoms with Gasteiger partial charge in [-0.15, -0.1) is 0 Å². The Labute approximate surface area is 236 Å². The average molecular weight is 527 g/mol. The molecule has 1 aliphatic heterocycles. The van der Waals surface area contributed by atoms with Crippen LogP contribution >= 0.6 is 0 Å². The number of anilines is 1. The summed E-state index contributed by atoms with van der Waals surface area (Å²) in [5.74, 6) is 2.53. The Morgan fingerprint density at radius 1 is 0.575 bits per heavy atom. The first-order valence-electron chi connectivity index (χ1n) is 13.4. The number of nitrogens with zero attached hydrogens (tertiary/aromatic N) is 6. The molecule has 4 aromatic rings. The number of hydrogen-bond donors (Lipinski definition) is 0. The van der Waals surface area contributed by atoms with E-state index in [0.29, 0.717) is 23.3 Å². The summed E-state index contributed by atoms with van der Waals surface area (Å²) in [6.07, 6.45) is 0. The lowest BCUT2D eigenvalue weighted by Gasteiger charge is -2.25. The molecule has 6 heteroatoms. The zero-order chi connectivity index (χ0) is 28.2. The van der Waals surface area contributed by atoms with Gasteiger partial charge >= 0.3 is 0 Å². The predicted molar refractivity (Wildman–Crippen MR) is 170 cm³/mol. The molecule has 0 radical (unpaired) electrons. The van der Waals surface area contributed by atoms with Gasteiger partial charge in [0.25, 0.3) is 0 Å². The fraction of sp³-hybridized carbons (Fsp3) is 0.176. The molecule has 0 aliphatic carbocycles. The van der Waals surface area contributed by atoms with Crippen molar-refractivity contribution in [3.8, 4) is 0 Å². The Kier molecular flexibility index (Phi) is 7.69. The van der Waals surface area contributed by atoms with E-state index in [-0.39, 0.29) is 0 Å². The Bertz CT molecular complexity index is 1610. The van der Waals surface area contributed by atoms with Crippen molar-refractivity contribution in [2.75, 3.05) is 19.0 Å². The van der Waals surface area contributed by atoms with Gasteiger partial charge in [0.2, 0.25) is 0 Å². The summed E-state index contributed by atoms with van der Waals surface area (Å²) < 4.78 is 0. The van der Waals surface area contributed by atoms with E-state index >= 15 is 0 Å². The van der Waals surface area contributed by atoms with Gasteiger partial charge in [-0.1, -0.05) is 70.8 Å². The van der Waals surface area contributed by atoms with Crippen LogP contribution in [-0.2, 0) is 0 Å². The van der Waals surface area contributed by atoms with E-state index in [1.165, 1.54) is 22.3 Å². The maximum absolute atomic E-state index is 5.11. The normalized spacial score (nSPS) is 15.6. The molecule has 0 atom stereocenters. The zero-order valence-corrected chi connectivity index (χ0v) is 23.9. The predicted octanol–water partition coefficient (Wildman–Crippen LogP) is 7.89. The lowest BCUT2D eigenvalue weighted by Crippen LogP contribution is -2.43. The van der Waals surface area contributed by atoms with Gasteiger partial charge in [-0.3, -0.25) is 4.90 Å². The van der Waals surface area contributed by atoms with Crippen LogP contribution in [0.1, 0.15) is 22.3 Å². The molecule has 0 bridgehead atoms. The first kappa shape index (κ1) is 26.8. The summed E-state index contributed by atoms with van der Waals surface area (Å²) in [5.41, 5.74) is 8.13. The van der Waals surface area contributed by atoms with Crippen LogP contribution in [0.3, 0.4) is 0 Å². The van der Waals surface area contributed by atoms with Crippen LogP contribution in [0.25, 0.3) is 0 Å². The van der Waals surface area contributed by atoms with Gasteiger partial charge in [-0.2, -0.15) is 0 Å². The fourth-order valence-electron chi connectivity index (χ4n) is 4.24. The SMILES string of the molecule is Cc1ccc(N=C2N=C(C(=Nc3ccc(C)cc3)N(C)C)N(c3ccc(C)cc3)C2=Nc2ccc(C)cc2)cc1. The van der Waals surface area contributed by atoms with Crippen LogP contribution in [0.2, 0.25) is 0 Å².